The number of nitrogens with two attached hydrogens (primary N) is 1. The van der Waals surface area contributed by atoms with Crippen LogP contribution in [0.3, 0.4) is 0 Å². The van der Waals surface area contributed by atoms with Gasteiger partial charge in [-0.3, -0.25) is 4.79 Å². The average molecular weight is 474 g/mol. The molecule has 32 heavy (non-hydrogen) atoms. The number of halogens is 2. The third-order valence-corrected chi connectivity index (χ3v) is 6.25. The Morgan fingerprint density at radius 2 is 1.72 bits per heavy atom. The van der Waals surface area contributed by atoms with Crippen LogP contribution in [0, 0.1) is 5.92 Å². The van der Waals surface area contributed by atoms with Crippen molar-refractivity contribution >= 4 is 46.5 Å². The lowest BCUT2D eigenvalue weighted by Gasteiger charge is -2.41. The van der Waals surface area contributed by atoms with Gasteiger partial charge in [-0.2, -0.15) is 0 Å². The van der Waals surface area contributed by atoms with E-state index >= 15 is 0 Å². The number of carbonyl (C=O) groups excluding carboxylic acids is 1. The number of hydrogen-bond donors (Lipinski definition) is 1. The van der Waals surface area contributed by atoms with Crippen LogP contribution >= 0.6 is 24.0 Å². The summed E-state index contributed by atoms with van der Waals surface area (Å²) in [5, 5.41) is 12.0. The van der Waals surface area contributed by atoms with Gasteiger partial charge in [0.1, 0.15) is 5.69 Å². The number of fused-ring (bicyclic) bond motifs is 1. The van der Waals surface area contributed by atoms with Gasteiger partial charge in [0, 0.05) is 47.0 Å². The van der Waals surface area contributed by atoms with Crippen molar-refractivity contribution in [1.29, 1.82) is 0 Å². The molecule has 2 atom stereocenters. The first kappa shape index (κ1) is 24.2. The minimum absolute atomic E-state index is 0. The number of benzene rings is 2. The van der Waals surface area contributed by atoms with E-state index in [2.05, 4.69) is 34.2 Å². The molecule has 2 aromatic carbocycles. The number of hydrogen-bond acceptors (Lipinski definition) is 5. The van der Waals surface area contributed by atoms with Crippen LogP contribution in [0.2, 0.25) is 5.02 Å². The molecule has 8 heteroatoms. The Morgan fingerprint density at radius 1 is 1.06 bits per heavy atom. The molecule has 1 unspecified atom stereocenters. The van der Waals surface area contributed by atoms with E-state index in [1.807, 2.05) is 55.1 Å². The molecule has 0 radical (unpaired) electrons. The van der Waals surface area contributed by atoms with Crippen molar-refractivity contribution in [3.63, 3.8) is 0 Å². The van der Waals surface area contributed by atoms with Crippen LogP contribution in [-0.2, 0) is 4.79 Å². The van der Waals surface area contributed by atoms with E-state index in [9.17, 15) is 4.79 Å². The number of aromatic nitrogens is 2. The molecule has 1 aromatic heterocycles. The predicted octanol–water partition coefficient (Wildman–Crippen LogP) is 4.39. The summed E-state index contributed by atoms with van der Waals surface area (Å²) in [4.78, 5) is 16.8. The fourth-order valence-corrected chi connectivity index (χ4v) is 4.22. The van der Waals surface area contributed by atoms with Crippen LogP contribution in [-0.4, -0.2) is 52.7 Å². The van der Waals surface area contributed by atoms with Crippen LogP contribution in [0.4, 0.5) is 5.82 Å². The molecule has 3 aromatic rings. The summed E-state index contributed by atoms with van der Waals surface area (Å²) < 4.78 is 0. The molecular weight excluding hydrogens is 445 g/mol. The largest absolute Gasteiger partial charge is 0.348 e. The first-order chi connectivity index (χ1) is 14.9. The highest BCUT2D eigenvalue weighted by Gasteiger charge is 2.32. The Labute approximate surface area is 200 Å². The molecule has 170 valence electrons. The molecule has 1 saturated heterocycles. The second-order valence-electron chi connectivity index (χ2n) is 8.52. The Balaban J connectivity index is 0.00000289. The maximum atomic E-state index is 12.7. The summed E-state index contributed by atoms with van der Waals surface area (Å²) >= 11 is 6.05. The van der Waals surface area contributed by atoms with Crippen molar-refractivity contribution in [1.82, 2.24) is 15.1 Å². The van der Waals surface area contributed by atoms with Gasteiger partial charge in [-0.1, -0.05) is 61.8 Å². The molecule has 1 aliphatic rings. The van der Waals surface area contributed by atoms with Crippen molar-refractivity contribution < 1.29 is 4.79 Å². The number of amides is 1. The summed E-state index contributed by atoms with van der Waals surface area (Å²) in [6.07, 6.45) is 0. The fraction of sp³-hybridized carbons (Fsp3) is 0.375. The summed E-state index contributed by atoms with van der Waals surface area (Å²) in [6.45, 7) is 8.01. The summed E-state index contributed by atoms with van der Waals surface area (Å²) in [7, 11) is 0. The van der Waals surface area contributed by atoms with E-state index in [-0.39, 0.29) is 30.3 Å². The lowest BCUT2D eigenvalue weighted by Crippen LogP contribution is -2.57. The average Bonchev–Trinajstić information content (AvgIpc) is 2.78. The molecule has 0 aliphatic carbocycles. The lowest BCUT2D eigenvalue weighted by molar-refractivity contribution is -0.134. The Kier molecular flexibility index (Phi) is 7.59. The molecule has 4 rings (SSSR count). The number of anilines is 1. The first-order valence-corrected chi connectivity index (χ1v) is 11.1. The van der Waals surface area contributed by atoms with Gasteiger partial charge >= 0.3 is 0 Å². The Bertz CT molecular complexity index is 1090. The van der Waals surface area contributed by atoms with Gasteiger partial charge in [0.05, 0.1) is 6.04 Å². The van der Waals surface area contributed by atoms with Crippen molar-refractivity contribution in [2.24, 2.45) is 11.7 Å². The van der Waals surface area contributed by atoms with Crippen molar-refractivity contribution in [2.45, 2.75) is 32.9 Å². The third kappa shape index (κ3) is 4.68. The topological polar surface area (TPSA) is 75.4 Å². The summed E-state index contributed by atoms with van der Waals surface area (Å²) in [5.74, 6) is 0.993. The minimum Gasteiger partial charge on any atom is -0.348 e. The Hall–Kier alpha value is -2.41. The highest BCUT2D eigenvalue weighted by Crippen LogP contribution is 2.33. The molecule has 1 fully saturated rings. The van der Waals surface area contributed by atoms with Gasteiger partial charge in [-0.15, -0.1) is 22.6 Å². The molecule has 0 saturated carbocycles. The van der Waals surface area contributed by atoms with Crippen LogP contribution in [0.5, 0.6) is 0 Å². The third-order valence-electron chi connectivity index (χ3n) is 6.00. The fourth-order valence-electron chi connectivity index (χ4n) is 4.09. The quantitative estimate of drug-likeness (QED) is 0.607. The highest BCUT2D eigenvalue weighted by atomic mass is 35.5. The van der Waals surface area contributed by atoms with Gasteiger partial charge in [0.15, 0.2) is 5.82 Å². The molecule has 0 bridgehead atoms. The standard InChI is InChI=1S/C24H28ClN5O.ClH/c1-15(2)21(26)24(31)29-12-13-30(16(3)14-29)23-20-7-5-4-6-19(20)22(27-28-23)17-8-10-18(25)11-9-17;/h4-11,15-16,21H,12-14,26H2,1-3H3;1H/t16-,21?;/m0./s1. The van der Waals surface area contributed by atoms with Crippen molar-refractivity contribution in [3.05, 3.63) is 53.6 Å². The van der Waals surface area contributed by atoms with E-state index in [0.29, 0.717) is 24.7 Å². The SMILES string of the molecule is CC(C)C(N)C(=O)N1CCN(c2nnc(-c3ccc(Cl)cc3)c3ccccc23)[C@@H](C)C1.Cl. The van der Waals surface area contributed by atoms with Crippen LogP contribution in [0.15, 0.2) is 48.5 Å². The number of carbonyl (C=O) groups is 1. The second-order valence-corrected chi connectivity index (χ2v) is 8.96. The van der Waals surface area contributed by atoms with Gasteiger partial charge in [0.25, 0.3) is 0 Å². The number of rotatable bonds is 4. The second kappa shape index (κ2) is 10.0. The normalized spacial score (nSPS) is 17.4. The first-order valence-electron chi connectivity index (χ1n) is 10.7. The maximum absolute atomic E-state index is 12.7. The molecular formula is C24H29Cl2N5O. The Morgan fingerprint density at radius 3 is 2.34 bits per heavy atom. The molecule has 6 nitrogen and oxygen atoms in total. The van der Waals surface area contributed by atoms with Gasteiger partial charge < -0.3 is 15.5 Å². The molecule has 2 N–H and O–H groups in total. The van der Waals surface area contributed by atoms with Crippen LogP contribution < -0.4 is 10.6 Å². The van der Waals surface area contributed by atoms with E-state index < -0.39 is 6.04 Å². The predicted molar refractivity (Wildman–Crippen MR) is 133 cm³/mol. The van der Waals surface area contributed by atoms with Crippen LogP contribution in [0.25, 0.3) is 22.0 Å². The number of nitrogens with zero attached hydrogens (tertiary/aromatic N) is 4. The molecule has 1 aliphatic heterocycles. The lowest BCUT2D eigenvalue weighted by atomic mass is 10.0. The zero-order valence-corrected chi connectivity index (χ0v) is 20.1. The maximum Gasteiger partial charge on any atom is 0.239 e. The zero-order valence-electron chi connectivity index (χ0n) is 18.5. The van der Waals surface area contributed by atoms with Gasteiger partial charge in [-0.25, -0.2) is 0 Å². The number of piperazine rings is 1. The molecule has 2 heterocycles. The molecule has 1 amide bonds. The van der Waals surface area contributed by atoms with Crippen molar-refractivity contribution in [2.75, 3.05) is 24.5 Å². The summed E-state index contributed by atoms with van der Waals surface area (Å²) in [6, 6.07) is 15.5. The highest BCUT2D eigenvalue weighted by molar-refractivity contribution is 6.30. The van der Waals surface area contributed by atoms with Crippen molar-refractivity contribution in [3.8, 4) is 11.3 Å². The monoisotopic (exact) mass is 473 g/mol. The minimum atomic E-state index is -0.460. The smallest absolute Gasteiger partial charge is 0.239 e. The van der Waals surface area contributed by atoms with Gasteiger partial charge in [-0.05, 0) is 25.0 Å². The van der Waals surface area contributed by atoms with Gasteiger partial charge in [0.2, 0.25) is 5.91 Å². The van der Waals surface area contributed by atoms with E-state index in [4.69, 9.17) is 17.3 Å². The van der Waals surface area contributed by atoms with E-state index in [0.717, 1.165) is 27.8 Å². The summed E-state index contributed by atoms with van der Waals surface area (Å²) in [5.41, 5.74) is 7.91. The van der Waals surface area contributed by atoms with E-state index in [1.165, 1.54) is 0 Å². The zero-order chi connectivity index (χ0) is 22.1. The van der Waals surface area contributed by atoms with Crippen LogP contribution in [0.1, 0.15) is 20.8 Å². The van der Waals surface area contributed by atoms with E-state index in [1.54, 1.807) is 0 Å². The molecule has 0 spiro atoms.